The fraction of sp³-hybridized carbons (Fsp3) is 0.714. The van der Waals surface area contributed by atoms with Gasteiger partial charge in [0.05, 0.1) is 5.92 Å². The average Bonchev–Trinajstić information content (AvgIpc) is 2.66. The molecule has 4 atom stereocenters. The van der Waals surface area contributed by atoms with Gasteiger partial charge >= 0.3 is 11.9 Å². The zero-order chi connectivity index (χ0) is 9.80. The molecular weight excluding hydrogens is 194 g/mol. The maximum Gasteiger partial charge on any atom is 0.324 e. The summed E-state index contributed by atoms with van der Waals surface area (Å²) in [5.41, 5.74) is 4.31. The summed E-state index contributed by atoms with van der Waals surface area (Å²) in [4.78, 5) is 21.4. The number of hydrogen-bond donors (Lipinski definition) is 3. The zero-order valence-electron chi connectivity index (χ0n) is 6.64. The molecule has 0 bridgehead atoms. The van der Waals surface area contributed by atoms with E-state index in [2.05, 4.69) is 0 Å². The normalized spacial score (nSPS) is 47.0. The van der Waals surface area contributed by atoms with E-state index in [-0.39, 0.29) is 11.2 Å². The average molecular weight is 203 g/mol. The van der Waals surface area contributed by atoms with Crippen LogP contribution in [0.2, 0.25) is 0 Å². The fourth-order valence-electron chi connectivity index (χ4n) is 1.93. The van der Waals surface area contributed by atoms with E-state index < -0.39 is 23.4 Å². The number of fused-ring (bicyclic) bond motifs is 1. The Hall–Kier alpha value is -0.750. The maximum absolute atomic E-state index is 10.8. The first-order valence-electron chi connectivity index (χ1n) is 3.85. The Balaban J connectivity index is 2.20. The number of carboxylic acid groups (broad SMARTS) is 2. The minimum absolute atomic E-state index is 0.0846. The third-order valence-corrected chi connectivity index (χ3v) is 4.36. The highest BCUT2D eigenvalue weighted by Crippen LogP contribution is 2.60. The van der Waals surface area contributed by atoms with Crippen LogP contribution in [0.25, 0.3) is 0 Å². The molecule has 0 radical (unpaired) electrons. The van der Waals surface area contributed by atoms with Crippen molar-refractivity contribution in [2.75, 3.05) is 5.75 Å². The Kier molecular flexibility index (Phi) is 1.62. The van der Waals surface area contributed by atoms with E-state index >= 15 is 0 Å². The molecule has 2 aliphatic rings. The van der Waals surface area contributed by atoms with Crippen LogP contribution in [0.4, 0.5) is 0 Å². The quantitative estimate of drug-likeness (QED) is 0.544. The monoisotopic (exact) mass is 203 g/mol. The molecule has 13 heavy (non-hydrogen) atoms. The lowest BCUT2D eigenvalue weighted by molar-refractivity contribution is -0.144. The first-order chi connectivity index (χ1) is 5.98. The Morgan fingerprint density at radius 3 is 2.46 bits per heavy atom. The van der Waals surface area contributed by atoms with Crippen molar-refractivity contribution in [2.45, 2.75) is 10.8 Å². The van der Waals surface area contributed by atoms with E-state index in [0.29, 0.717) is 5.75 Å². The van der Waals surface area contributed by atoms with Crippen LogP contribution in [0.5, 0.6) is 0 Å². The van der Waals surface area contributed by atoms with Gasteiger partial charge in [0.15, 0.2) is 0 Å². The zero-order valence-corrected chi connectivity index (χ0v) is 7.45. The summed E-state index contributed by atoms with van der Waals surface area (Å²) in [5, 5.41) is 17.5. The van der Waals surface area contributed by atoms with Gasteiger partial charge in [0.1, 0.15) is 5.54 Å². The van der Waals surface area contributed by atoms with Crippen molar-refractivity contribution >= 4 is 23.7 Å². The Bertz CT molecular complexity index is 294. The highest BCUT2D eigenvalue weighted by atomic mass is 32.2. The molecular formula is C7H9NO4S. The van der Waals surface area contributed by atoms with Gasteiger partial charge in [-0.25, -0.2) is 0 Å². The largest absolute Gasteiger partial charge is 0.481 e. The van der Waals surface area contributed by atoms with Crippen molar-refractivity contribution < 1.29 is 19.8 Å². The number of thioether (sulfide) groups is 1. The second-order valence-corrected chi connectivity index (χ2v) is 4.68. The van der Waals surface area contributed by atoms with Gasteiger partial charge in [0, 0.05) is 16.9 Å². The number of nitrogens with two attached hydrogens (primary N) is 1. The Labute approximate surface area is 78.3 Å². The summed E-state index contributed by atoms with van der Waals surface area (Å²) in [6.45, 7) is 0. The molecule has 5 nitrogen and oxygen atoms in total. The van der Waals surface area contributed by atoms with Crippen LogP contribution in [0.1, 0.15) is 0 Å². The van der Waals surface area contributed by atoms with E-state index in [1.165, 1.54) is 11.8 Å². The third-order valence-electron chi connectivity index (χ3n) is 2.75. The first kappa shape index (κ1) is 8.83. The minimum Gasteiger partial charge on any atom is -0.481 e. The van der Waals surface area contributed by atoms with Crippen LogP contribution >= 0.6 is 11.8 Å². The molecule has 1 saturated heterocycles. The number of aliphatic carboxylic acids is 2. The van der Waals surface area contributed by atoms with Crippen molar-refractivity contribution in [2.24, 2.45) is 17.6 Å². The van der Waals surface area contributed by atoms with Crippen LogP contribution in [0.15, 0.2) is 0 Å². The predicted octanol–water partition coefficient (Wildman–Crippen LogP) is -0.786. The molecule has 1 aliphatic heterocycles. The highest BCUT2D eigenvalue weighted by Gasteiger charge is 2.71. The van der Waals surface area contributed by atoms with E-state index in [9.17, 15) is 9.59 Å². The number of rotatable bonds is 2. The topological polar surface area (TPSA) is 101 Å². The van der Waals surface area contributed by atoms with Gasteiger partial charge in [-0.3, -0.25) is 9.59 Å². The third kappa shape index (κ3) is 0.986. The predicted molar refractivity (Wildman–Crippen MR) is 45.4 cm³/mol. The standard InChI is InChI=1S/C7H9NO4S/c8-7(6(11)12)1-13-4-2(3(4)7)5(9)10/h2-4H,1,8H2,(H,9,10)(H,11,12)/t2-,3+,4-,7+/m1/s1. The molecule has 6 heteroatoms. The minimum atomic E-state index is -1.32. The molecule has 2 fully saturated rings. The van der Waals surface area contributed by atoms with Gasteiger partial charge < -0.3 is 15.9 Å². The summed E-state index contributed by atoms with van der Waals surface area (Å²) >= 11 is 1.36. The van der Waals surface area contributed by atoms with Gasteiger partial charge in [-0.1, -0.05) is 0 Å². The Morgan fingerprint density at radius 1 is 1.46 bits per heavy atom. The van der Waals surface area contributed by atoms with Crippen molar-refractivity contribution in [3.8, 4) is 0 Å². The lowest BCUT2D eigenvalue weighted by Gasteiger charge is -2.20. The van der Waals surface area contributed by atoms with Gasteiger partial charge in [0.25, 0.3) is 0 Å². The maximum atomic E-state index is 10.8. The Morgan fingerprint density at radius 2 is 2.08 bits per heavy atom. The lowest BCUT2D eigenvalue weighted by atomic mass is 9.96. The molecule has 0 amide bonds. The number of hydrogen-bond acceptors (Lipinski definition) is 4. The summed E-state index contributed by atoms with van der Waals surface area (Å²) in [6.07, 6.45) is 0. The molecule has 0 aromatic rings. The second-order valence-electron chi connectivity index (χ2n) is 3.51. The molecule has 2 rings (SSSR count). The molecule has 0 unspecified atom stereocenters. The number of carbonyl (C=O) groups is 2. The first-order valence-corrected chi connectivity index (χ1v) is 4.90. The summed E-state index contributed by atoms with van der Waals surface area (Å²) in [7, 11) is 0. The smallest absolute Gasteiger partial charge is 0.324 e. The molecule has 72 valence electrons. The second kappa shape index (κ2) is 2.39. The highest BCUT2D eigenvalue weighted by molar-refractivity contribution is 8.00. The van der Waals surface area contributed by atoms with Gasteiger partial charge in [-0.2, -0.15) is 11.8 Å². The molecule has 4 N–H and O–H groups in total. The van der Waals surface area contributed by atoms with Gasteiger partial charge in [0.2, 0.25) is 0 Å². The number of carboxylic acids is 2. The van der Waals surface area contributed by atoms with Crippen molar-refractivity contribution in [1.29, 1.82) is 0 Å². The van der Waals surface area contributed by atoms with E-state index in [1.54, 1.807) is 0 Å². The van der Waals surface area contributed by atoms with Gasteiger partial charge in [-0.05, 0) is 0 Å². The van der Waals surface area contributed by atoms with Crippen LogP contribution in [-0.4, -0.2) is 38.7 Å². The van der Waals surface area contributed by atoms with Crippen LogP contribution in [-0.2, 0) is 9.59 Å². The molecule has 1 heterocycles. The lowest BCUT2D eigenvalue weighted by Crippen LogP contribution is -2.51. The van der Waals surface area contributed by atoms with Crippen LogP contribution in [0, 0.1) is 11.8 Å². The summed E-state index contributed by atoms with van der Waals surface area (Å²) in [5.74, 6) is -2.64. The molecule has 0 aromatic carbocycles. The van der Waals surface area contributed by atoms with Gasteiger partial charge in [-0.15, -0.1) is 0 Å². The SMILES string of the molecule is N[C@@]1(C(=O)O)CS[C@@H]2[C@H](C(=O)O)[C@@H]21. The van der Waals surface area contributed by atoms with E-state index in [0.717, 1.165) is 0 Å². The molecule has 1 saturated carbocycles. The summed E-state index contributed by atoms with van der Waals surface area (Å²) < 4.78 is 0. The van der Waals surface area contributed by atoms with Crippen molar-refractivity contribution in [1.82, 2.24) is 0 Å². The van der Waals surface area contributed by atoms with Crippen LogP contribution < -0.4 is 5.73 Å². The van der Waals surface area contributed by atoms with E-state index in [1.807, 2.05) is 0 Å². The fourth-order valence-corrected chi connectivity index (χ4v) is 3.74. The van der Waals surface area contributed by atoms with E-state index in [4.69, 9.17) is 15.9 Å². The van der Waals surface area contributed by atoms with Crippen molar-refractivity contribution in [3.63, 3.8) is 0 Å². The summed E-state index contributed by atoms with van der Waals surface area (Å²) in [6, 6.07) is 0. The molecule has 0 spiro atoms. The van der Waals surface area contributed by atoms with Crippen molar-refractivity contribution in [3.05, 3.63) is 0 Å². The molecule has 0 aromatic heterocycles. The molecule has 1 aliphatic carbocycles. The van der Waals surface area contributed by atoms with Crippen LogP contribution in [0.3, 0.4) is 0 Å².